The van der Waals surface area contributed by atoms with Crippen LogP contribution in [0.5, 0.6) is 11.5 Å². The van der Waals surface area contributed by atoms with Gasteiger partial charge in [-0.3, -0.25) is 4.21 Å². The molecule has 0 aliphatic carbocycles. The lowest BCUT2D eigenvalue weighted by Crippen LogP contribution is -2.27. The average molecular weight is 852 g/mol. The zero-order valence-electron chi connectivity index (χ0n) is 33.8. The smallest absolute Gasteiger partial charge is 0.344 e. The molecule has 57 heavy (non-hydrogen) atoms. The molecule has 0 saturated heterocycles. The lowest BCUT2D eigenvalue weighted by Gasteiger charge is -2.15. The van der Waals surface area contributed by atoms with Gasteiger partial charge in [0.05, 0.1) is 21.9 Å². The van der Waals surface area contributed by atoms with E-state index in [4.69, 9.17) is 37.8 Å². The van der Waals surface area contributed by atoms with Gasteiger partial charge in [-0.2, -0.15) is 0 Å². The summed E-state index contributed by atoms with van der Waals surface area (Å²) in [6.45, 7) is 15.5. The van der Waals surface area contributed by atoms with E-state index in [9.17, 15) is 18.9 Å². The molecular formula is C46H52Cl2O7S2. The molecule has 0 amide bonds. The Morgan fingerprint density at radius 3 is 1.74 bits per heavy atom. The van der Waals surface area contributed by atoms with Crippen LogP contribution in [0.1, 0.15) is 101 Å². The Balaban J connectivity index is 0.000000379. The van der Waals surface area contributed by atoms with Gasteiger partial charge < -0.3 is 19.7 Å². The minimum absolute atomic E-state index is 0.381. The number of carbonyl (C=O) groups is 2. The zero-order valence-corrected chi connectivity index (χ0v) is 37.0. The van der Waals surface area contributed by atoms with Crippen LogP contribution in [-0.4, -0.2) is 50.1 Å². The summed E-state index contributed by atoms with van der Waals surface area (Å²) in [5.74, 6) is 12.8. The number of aliphatic carboxylic acids is 2. The third-order valence-electron chi connectivity index (χ3n) is 7.84. The highest BCUT2D eigenvalue weighted by Gasteiger charge is 2.20. The molecule has 0 aliphatic rings. The van der Waals surface area contributed by atoms with Crippen LogP contribution in [0.3, 0.4) is 0 Å². The average Bonchev–Trinajstić information content (AvgIpc) is 3.19. The topological polar surface area (TPSA) is 110 Å². The highest BCUT2D eigenvalue weighted by atomic mass is 35.5. The van der Waals surface area contributed by atoms with Crippen LogP contribution in [-0.2, 0) is 20.4 Å². The number of hydrogen-bond acceptors (Lipinski definition) is 6. The van der Waals surface area contributed by atoms with Gasteiger partial charge in [0.25, 0.3) is 0 Å². The molecule has 0 bridgehead atoms. The summed E-state index contributed by atoms with van der Waals surface area (Å²) >= 11 is 14.0. The van der Waals surface area contributed by atoms with E-state index in [2.05, 4.69) is 48.8 Å². The third-order valence-corrected chi connectivity index (χ3v) is 11.1. The van der Waals surface area contributed by atoms with E-state index in [1.165, 1.54) is 11.8 Å². The van der Waals surface area contributed by atoms with Gasteiger partial charge in [-0.05, 0) is 118 Å². The molecule has 0 heterocycles. The molecule has 0 aliphatic heterocycles. The van der Waals surface area contributed by atoms with Crippen molar-refractivity contribution >= 4 is 57.7 Å². The van der Waals surface area contributed by atoms with Gasteiger partial charge in [0.1, 0.15) is 11.5 Å². The Morgan fingerprint density at radius 1 is 0.702 bits per heavy atom. The molecule has 3 atom stereocenters. The van der Waals surface area contributed by atoms with Gasteiger partial charge in [-0.15, -0.1) is 11.8 Å². The molecule has 0 spiro atoms. The van der Waals surface area contributed by atoms with E-state index >= 15 is 0 Å². The predicted molar refractivity (Wildman–Crippen MR) is 236 cm³/mol. The van der Waals surface area contributed by atoms with Crippen molar-refractivity contribution in [1.82, 2.24) is 0 Å². The molecule has 0 fully saturated rings. The molecule has 3 unspecified atom stereocenters. The predicted octanol–water partition coefficient (Wildman–Crippen LogP) is 11.6. The van der Waals surface area contributed by atoms with Crippen molar-refractivity contribution in [3.05, 3.63) is 116 Å². The van der Waals surface area contributed by atoms with E-state index in [0.717, 1.165) is 45.7 Å². The van der Waals surface area contributed by atoms with Crippen LogP contribution < -0.4 is 9.47 Å². The van der Waals surface area contributed by atoms with E-state index in [1.807, 2.05) is 59.7 Å². The van der Waals surface area contributed by atoms with Crippen LogP contribution >= 0.6 is 35.0 Å². The molecule has 4 rings (SSSR count). The molecular weight excluding hydrogens is 800 g/mol. The van der Waals surface area contributed by atoms with Crippen molar-refractivity contribution < 1.29 is 33.5 Å². The number of thioether (sulfide) groups is 1. The van der Waals surface area contributed by atoms with Crippen molar-refractivity contribution in [2.75, 3.05) is 11.5 Å². The number of carboxylic acid groups (broad SMARTS) is 2. The molecule has 4 aromatic rings. The number of carboxylic acids is 2. The number of hydrogen-bond donors (Lipinski definition) is 2. The van der Waals surface area contributed by atoms with E-state index in [-0.39, 0.29) is 0 Å². The summed E-state index contributed by atoms with van der Waals surface area (Å²) in [5.41, 5.74) is 4.83. The molecule has 0 aromatic heterocycles. The molecule has 11 heteroatoms. The Bertz CT molecular complexity index is 2110. The first-order valence-electron chi connectivity index (χ1n) is 18.9. The fraction of sp³-hybridized carbons (Fsp3) is 0.348. The first-order chi connectivity index (χ1) is 27.3. The Labute approximate surface area is 355 Å². The lowest BCUT2D eigenvalue weighted by molar-refractivity contribution is -0.145. The zero-order chi connectivity index (χ0) is 42.5. The lowest BCUT2D eigenvalue weighted by atomic mass is 10.1. The maximum atomic E-state index is 12.3. The van der Waals surface area contributed by atoms with Crippen molar-refractivity contribution in [1.29, 1.82) is 0 Å². The van der Waals surface area contributed by atoms with Gasteiger partial charge in [-0.25, -0.2) is 9.59 Å². The first kappa shape index (κ1) is 48.8. The molecule has 304 valence electrons. The summed E-state index contributed by atoms with van der Waals surface area (Å²) in [5, 5.41) is 19.4. The number of aryl methyl sites for hydroxylation is 2. The maximum absolute atomic E-state index is 12.3. The fourth-order valence-electron chi connectivity index (χ4n) is 4.79. The maximum Gasteiger partial charge on any atom is 0.344 e. The fourth-order valence-corrected chi connectivity index (χ4v) is 7.01. The Morgan fingerprint density at radius 2 is 1.23 bits per heavy atom. The summed E-state index contributed by atoms with van der Waals surface area (Å²) < 4.78 is 23.5. The van der Waals surface area contributed by atoms with Crippen LogP contribution in [0.25, 0.3) is 0 Å². The largest absolute Gasteiger partial charge is 0.479 e. The second-order valence-electron chi connectivity index (χ2n) is 12.5. The van der Waals surface area contributed by atoms with Gasteiger partial charge in [0.15, 0.2) is 12.2 Å². The quantitative estimate of drug-likeness (QED) is 0.0953. The number of rotatable bonds is 14. The van der Waals surface area contributed by atoms with Gasteiger partial charge >= 0.3 is 11.9 Å². The third kappa shape index (κ3) is 16.6. The van der Waals surface area contributed by atoms with Crippen molar-refractivity contribution in [3.8, 4) is 35.2 Å². The SMILES string of the molecule is CC.CCCC(Oc1ccc(Cl)cc1C#Cc1cc(S(=O)CCC)ccc1C)C(=O)O.CCCSc1ccc(C)c(C#Cc2cc(Cl)ccc2OC(C)C(=O)O)c1. The van der Waals surface area contributed by atoms with E-state index in [0.29, 0.717) is 51.3 Å². The van der Waals surface area contributed by atoms with Crippen LogP contribution in [0.4, 0.5) is 0 Å². The number of benzene rings is 4. The monoisotopic (exact) mass is 850 g/mol. The van der Waals surface area contributed by atoms with E-state index < -0.39 is 34.9 Å². The van der Waals surface area contributed by atoms with Crippen molar-refractivity contribution in [2.45, 2.75) is 103 Å². The summed E-state index contributed by atoms with van der Waals surface area (Å²) in [6.07, 6.45) is 1.13. The summed E-state index contributed by atoms with van der Waals surface area (Å²) in [7, 11) is -1.05. The van der Waals surface area contributed by atoms with Crippen LogP contribution in [0, 0.1) is 37.5 Å². The summed E-state index contributed by atoms with van der Waals surface area (Å²) in [6, 6.07) is 21.8. The van der Waals surface area contributed by atoms with Crippen molar-refractivity contribution in [3.63, 3.8) is 0 Å². The molecule has 4 aromatic carbocycles. The number of halogens is 2. The second-order valence-corrected chi connectivity index (χ2v) is 16.1. The van der Waals surface area contributed by atoms with Gasteiger partial charge in [0, 0.05) is 36.7 Å². The summed E-state index contributed by atoms with van der Waals surface area (Å²) in [4.78, 5) is 24.4. The molecule has 0 saturated carbocycles. The molecule has 0 radical (unpaired) electrons. The van der Waals surface area contributed by atoms with Crippen LogP contribution in [0.15, 0.2) is 82.6 Å². The van der Waals surface area contributed by atoms with Crippen molar-refractivity contribution in [2.24, 2.45) is 0 Å². The molecule has 2 N–H and O–H groups in total. The molecule has 7 nitrogen and oxygen atoms in total. The van der Waals surface area contributed by atoms with Crippen LogP contribution in [0.2, 0.25) is 10.0 Å². The Hall–Kier alpha value is -4.38. The van der Waals surface area contributed by atoms with Gasteiger partial charge in [0.2, 0.25) is 0 Å². The number of ether oxygens (including phenoxy) is 2. The highest BCUT2D eigenvalue weighted by Crippen LogP contribution is 2.26. The Kier molecular flexibility index (Phi) is 22.1. The second kappa shape index (κ2) is 25.8. The standard InChI is InChI=1S/C23H25ClO4S.C21H21ClO3S.C2H6/c1-4-6-22(23(25)26)28-21-12-10-19(24)14-18(21)9-8-17-15-20(11-7-16(17)3)29(27)13-5-2;1-4-11-26-19-9-5-14(2)16(13-19)6-7-17-12-18(22)8-10-20(17)25-15(3)21(23)24;1-2/h7,10-12,14-15,22H,4-6,13H2,1-3H3,(H,25,26);5,8-10,12-13,15H,4,11H2,1-3H3,(H,23,24);1-2H3. The highest BCUT2D eigenvalue weighted by molar-refractivity contribution is 7.99. The van der Waals surface area contributed by atoms with E-state index in [1.54, 1.807) is 48.2 Å². The first-order valence-corrected chi connectivity index (χ1v) is 22.0. The van der Waals surface area contributed by atoms with Gasteiger partial charge in [-0.1, -0.05) is 100 Å². The normalized spacial score (nSPS) is 11.7. The minimum atomic E-state index is -1.05. The minimum Gasteiger partial charge on any atom is -0.479 e.